The molecule has 50 heavy (non-hydrogen) atoms. The topological polar surface area (TPSA) is 13.1 Å². The third-order valence-corrected chi connectivity index (χ3v) is 11.5. The van der Waals surface area contributed by atoms with Crippen LogP contribution < -0.4 is 0 Å². The molecule has 4 atom stereocenters. The van der Waals surface area contributed by atoms with Gasteiger partial charge in [-0.3, -0.25) is 0 Å². The van der Waals surface area contributed by atoms with Gasteiger partial charge in [0.1, 0.15) is 11.2 Å². The van der Waals surface area contributed by atoms with Crippen molar-refractivity contribution in [3.63, 3.8) is 0 Å². The van der Waals surface area contributed by atoms with Gasteiger partial charge in [0.25, 0.3) is 0 Å². The van der Waals surface area contributed by atoms with E-state index in [2.05, 4.69) is 171 Å². The largest absolute Gasteiger partial charge is 0.456 e. The molecule has 4 unspecified atom stereocenters. The van der Waals surface area contributed by atoms with Crippen molar-refractivity contribution in [3.8, 4) is 11.1 Å². The van der Waals surface area contributed by atoms with Gasteiger partial charge >= 0.3 is 0 Å². The molecular formula is C49H38O. The van der Waals surface area contributed by atoms with Crippen LogP contribution in [0.1, 0.15) is 42.4 Å². The van der Waals surface area contributed by atoms with Gasteiger partial charge in [-0.2, -0.15) is 0 Å². The summed E-state index contributed by atoms with van der Waals surface area (Å²) in [5, 5.41) is 7.48. The molecule has 8 aromatic rings. The van der Waals surface area contributed by atoms with E-state index in [1.165, 1.54) is 77.7 Å². The molecule has 0 spiro atoms. The molecule has 0 amide bonds. The summed E-state index contributed by atoms with van der Waals surface area (Å²) in [5.74, 6) is 2.23. The van der Waals surface area contributed by atoms with Crippen LogP contribution in [0.5, 0.6) is 0 Å². The quantitative estimate of drug-likeness (QED) is 0.174. The zero-order valence-corrected chi connectivity index (χ0v) is 28.2. The highest BCUT2D eigenvalue weighted by molar-refractivity contribution is 6.15. The molecule has 240 valence electrons. The summed E-state index contributed by atoms with van der Waals surface area (Å²) in [6, 6.07) is 55.7. The monoisotopic (exact) mass is 642 g/mol. The van der Waals surface area contributed by atoms with E-state index in [9.17, 15) is 0 Å². The van der Waals surface area contributed by atoms with Crippen molar-refractivity contribution < 1.29 is 4.42 Å². The number of hydrogen-bond donors (Lipinski definition) is 0. The summed E-state index contributed by atoms with van der Waals surface area (Å²) in [4.78, 5) is 0. The molecule has 1 saturated carbocycles. The van der Waals surface area contributed by atoms with Gasteiger partial charge in [0.2, 0.25) is 0 Å². The maximum atomic E-state index is 6.55. The van der Waals surface area contributed by atoms with Crippen LogP contribution in [0.2, 0.25) is 0 Å². The predicted octanol–water partition coefficient (Wildman–Crippen LogP) is 13.5. The van der Waals surface area contributed by atoms with E-state index in [0.29, 0.717) is 23.7 Å². The molecule has 1 aromatic heterocycles. The second-order valence-corrected chi connectivity index (χ2v) is 14.5. The van der Waals surface area contributed by atoms with Crippen molar-refractivity contribution in [1.82, 2.24) is 0 Å². The molecule has 1 heterocycles. The minimum Gasteiger partial charge on any atom is -0.456 e. The van der Waals surface area contributed by atoms with Crippen LogP contribution in [0.4, 0.5) is 0 Å². The summed E-state index contributed by atoms with van der Waals surface area (Å²) in [5.41, 5.74) is 11.1. The Morgan fingerprint density at radius 3 is 2.20 bits per heavy atom. The Morgan fingerprint density at radius 2 is 1.32 bits per heavy atom. The van der Waals surface area contributed by atoms with Crippen LogP contribution in [0.25, 0.3) is 65.8 Å². The van der Waals surface area contributed by atoms with E-state index in [1.54, 1.807) is 0 Å². The Hall–Kier alpha value is -5.66. The molecule has 0 N–H and O–H groups in total. The Labute approximate surface area is 293 Å². The lowest BCUT2D eigenvalue weighted by Crippen LogP contribution is -2.13. The Morgan fingerprint density at radius 1 is 0.560 bits per heavy atom. The van der Waals surface area contributed by atoms with Crippen molar-refractivity contribution in [2.24, 2.45) is 17.8 Å². The summed E-state index contributed by atoms with van der Waals surface area (Å²) in [7, 11) is 0. The second kappa shape index (κ2) is 11.7. The lowest BCUT2D eigenvalue weighted by Gasteiger charge is -2.24. The highest BCUT2D eigenvalue weighted by Gasteiger charge is 2.47. The molecule has 0 radical (unpaired) electrons. The summed E-state index contributed by atoms with van der Waals surface area (Å²) in [6.07, 6.45) is 7.29. The maximum Gasteiger partial charge on any atom is 0.136 e. The molecule has 7 aromatic carbocycles. The number of hydrogen-bond acceptors (Lipinski definition) is 1. The fourth-order valence-electron chi connectivity index (χ4n) is 8.99. The molecule has 2 aliphatic carbocycles. The SMILES string of the molecule is CC1C/C=C(c2ccccc2)/C=C(/c2ccc3oc4cccc(-c5ccc6c(ccc7ccccc76)c5)c4c3c2)C2CC2C1c1ccccc1. The van der Waals surface area contributed by atoms with Gasteiger partial charge < -0.3 is 4.42 Å². The van der Waals surface area contributed by atoms with Gasteiger partial charge in [-0.15, -0.1) is 0 Å². The van der Waals surface area contributed by atoms with Gasteiger partial charge in [-0.05, 0) is 121 Å². The first-order chi connectivity index (χ1) is 24.7. The van der Waals surface area contributed by atoms with Crippen LogP contribution in [0.3, 0.4) is 0 Å². The van der Waals surface area contributed by atoms with E-state index >= 15 is 0 Å². The first-order valence-electron chi connectivity index (χ1n) is 18.1. The second-order valence-electron chi connectivity index (χ2n) is 14.5. The smallest absolute Gasteiger partial charge is 0.136 e. The van der Waals surface area contributed by atoms with Crippen molar-refractivity contribution in [3.05, 3.63) is 181 Å². The van der Waals surface area contributed by atoms with E-state index in [4.69, 9.17) is 4.42 Å². The summed E-state index contributed by atoms with van der Waals surface area (Å²) in [6.45, 7) is 2.46. The highest BCUT2D eigenvalue weighted by atomic mass is 16.3. The minimum atomic E-state index is 0.512. The molecule has 10 rings (SSSR count). The molecule has 0 aliphatic heterocycles. The normalized spacial score (nSPS) is 22.7. The zero-order valence-electron chi connectivity index (χ0n) is 28.2. The van der Waals surface area contributed by atoms with E-state index < -0.39 is 0 Å². The Balaban J connectivity index is 1.13. The Kier molecular flexibility index (Phi) is 6.88. The average Bonchev–Trinajstić information content (AvgIpc) is 3.84. The Bertz CT molecular complexity index is 2620. The number of rotatable bonds is 4. The van der Waals surface area contributed by atoms with E-state index in [1.807, 2.05) is 0 Å². The zero-order chi connectivity index (χ0) is 33.2. The minimum absolute atomic E-state index is 0.512. The molecule has 0 saturated heterocycles. The fourth-order valence-corrected chi connectivity index (χ4v) is 8.99. The van der Waals surface area contributed by atoms with Crippen LogP contribution >= 0.6 is 0 Å². The van der Waals surface area contributed by atoms with Gasteiger partial charge in [0, 0.05) is 10.8 Å². The number of benzene rings is 7. The predicted molar refractivity (Wildman–Crippen MR) is 211 cm³/mol. The number of furan rings is 1. The molecular weight excluding hydrogens is 605 g/mol. The molecule has 1 nitrogen and oxygen atoms in total. The molecule has 2 aliphatic rings. The molecule has 0 bridgehead atoms. The van der Waals surface area contributed by atoms with Gasteiger partial charge in [0.05, 0.1) is 0 Å². The molecule has 1 heteroatoms. The van der Waals surface area contributed by atoms with Crippen molar-refractivity contribution >= 4 is 54.6 Å². The first kappa shape index (κ1) is 29.3. The van der Waals surface area contributed by atoms with E-state index in [-0.39, 0.29) is 0 Å². The van der Waals surface area contributed by atoms with Crippen molar-refractivity contribution in [2.75, 3.05) is 0 Å². The van der Waals surface area contributed by atoms with Gasteiger partial charge in [0.15, 0.2) is 0 Å². The maximum absolute atomic E-state index is 6.55. The lowest BCUT2D eigenvalue weighted by atomic mass is 9.80. The van der Waals surface area contributed by atoms with Crippen LogP contribution in [-0.4, -0.2) is 0 Å². The van der Waals surface area contributed by atoms with Crippen molar-refractivity contribution in [1.29, 1.82) is 0 Å². The van der Waals surface area contributed by atoms with E-state index in [0.717, 1.165) is 17.6 Å². The van der Waals surface area contributed by atoms with Crippen molar-refractivity contribution in [2.45, 2.75) is 25.7 Å². The lowest BCUT2D eigenvalue weighted by molar-refractivity contribution is 0.414. The summed E-state index contributed by atoms with van der Waals surface area (Å²) >= 11 is 0. The van der Waals surface area contributed by atoms with Crippen LogP contribution in [-0.2, 0) is 0 Å². The van der Waals surface area contributed by atoms with Gasteiger partial charge in [-0.25, -0.2) is 0 Å². The number of allylic oxidation sites excluding steroid dienone is 4. The fraction of sp³-hybridized carbons (Fsp3) is 0.143. The highest BCUT2D eigenvalue weighted by Crippen LogP contribution is 2.59. The average molecular weight is 643 g/mol. The molecule has 1 fully saturated rings. The third kappa shape index (κ3) is 4.91. The summed E-state index contributed by atoms with van der Waals surface area (Å²) < 4.78 is 6.55. The first-order valence-corrected chi connectivity index (χ1v) is 18.1. The standard InChI is InChI=1S/C49H38O/c1-31-19-20-35(32-11-4-2-5-12-32)28-42(43-30-44(43)48(31)34-14-6-3-7-15-34)38-24-26-46-45(29-38)49-41(17-10-18-47(49)50-46)37-23-25-40-36(27-37)22-21-33-13-8-9-16-39(33)40/h2-18,20-29,31,43-44,48H,19,30H2,1H3/b35-20-,42-28-. The van der Waals surface area contributed by atoms with Crippen LogP contribution in [0, 0.1) is 17.8 Å². The van der Waals surface area contributed by atoms with Crippen LogP contribution in [0.15, 0.2) is 168 Å². The van der Waals surface area contributed by atoms with Gasteiger partial charge in [-0.1, -0.05) is 146 Å². The third-order valence-electron chi connectivity index (χ3n) is 11.5. The number of fused-ring (bicyclic) bond motifs is 7.